The highest BCUT2D eigenvalue weighted by Crippen LogP contribution is 2.40. The molecule has 16 heavy (non-hydrogen) atoms. The van der Waals surface area contributed by atoms with Crippen LogP contribution in [0.3, 0.4) is 0 Å². The van der Waals surface area contributed by atoms with Crippen LogP contribution in [0.4, 0.5) is 0 Å². The van der Waals surface area contributed by atoms with E-state index >= 15 is 0 Å². The molecule has 0 unspecified atom stereocenters. The highest BCUT2D eigenvalue weighted by atomic mass is 15.1. The molecule has 0 aliphatic heterocycles. The minimum Gasteiger partial charge on any atom is -0.370 e. The van der Waals surface area contributed by atoms with Crippen molar-refractivity contribution in [3.05, 3.63) is 12.2 Å². The molecule has 1 fully saturated rings. The van der Waals surface area contributed by atoms with Gasteiger partial charge in [0.1, 0.15) is 0 Å². The van der Waals surface area contributed by atoms with E-state index in [2.05, 4.69) is 23.8 Å². The predicted octanol–water partition coefficient (Wildman–Crippen LogP) is 2.44. The smallest absolute Gasteiger partial charge is 0.188 e. The monoisotopic (exact) mass is 223 g/mol. The van der Waals surface area contributed by atoms with Crippen LogP contribution in [0.15, 0.2) is 17.1 Å². The summed E-state index contributed by atoms with van der Waals surface area (Å²) in [5.74, 6) is 0.558. The molecule has 3 nitrogen and oxygen atoms in total. The molecule has 1 aliphatic carbocycles. The van der Waals surface area contributed by atoms with Gasteiger partial charge in [-0.15, -0.1) is 0 Å². The number of aliphatic imine (C=N–C) groups is 1. The Morgan fingerprint density at radius 3 is 2.56 bits per heavy atom. The number of nitrogens with two attached hydrogens (primary N) is 1. The van der Waals surface area contributed by atoms with E-state index in [4.69, 9.17) is 5.73 Å². The maximum atomic E-state index is 5.81. The van der Waals surface area contributed by atoms with Crippen molar-refractivity contribution in [1.29, 1.82) is 0 Å². The molecule has 1 saturated carbocycles. The molecule has 0 aromatic rings. The van der Waals surface area contributed by atoms with Gasteiger partial charge in [0.15, 0.2) is 5.96 Å². The maximum Gasteiger partial charge on any atom is 0.188 e. The fourth-order valence-corrected chi connectivity index (χ4v) is 2.30. The number of nitrogens with one attached hydrogen (secondary N) is 1. The third-order valence-corrected chi connectivity index (χ3v) is 3.57. The van der Waals surface area contributed by atoms with Crippen LogP contribution in [0, 0.1) is 5.41 Å². The molecular formula is C13H25N3. The zero-order chi connectivity index (χ0) is 12.0. The largest absolute Gasteiger partial charge is 0.370 e. The van der Waals surface area contributed by atoms with E-state index in [1.54, 1.807) is 0 Å². The van der Waals surface area contributed by atoms with Crippen molar-refractivity contribution in [3.63, 3.8) is 0 Å². The zero-order valence-electron chi connectivity index (χ0n) is 10.7. The SMILES string of the molecule is C=C(C)CNC(N)=NCC1(CC)CCCC1. The quantitative estimate of drug-likeness (QED) is 0.427. The molecular weight excluding hydrogens is 198 g/mol. The van der Waals surface area contributed by atoms with E-state index in [1.807, 2.05) is 6.92 Å². The minimum absolute atomic E-state index is 0.426. The van der Waals surface area contributed by atoms with Gasteiger partial charge >= 0.3 is 0 Å². The average molecular weight is 223 g/mol. The molecule has 3 heteroatoms. The van der Waals surface area contributed by atoms with Gasteiger partial charge in [-0.25, -0.2) is 0 Å². The predicted molar refractivity (Wildman–Crippen MR) is 70.5 cm³/mol. The molecule has 0 bridgehead atoms. The molecule has 0 spiro atoms. The molecule has 0 aromatic heterocycles. The Balaban J connectivity index is 2.40. The van der Waals surface area contributed by atoms with Gasteiger partial charge in [0.2, 0.25) is 0 Å². The first-order valence-electron chi connectivity index (χ1n) is 6.26. The van der Waals surface area contributed by atoms with Crippen molar-refractivity contribution in [2.24, 2.45) is 16.1 Å². The molecule has 0 amide bonds. The van der Waals surface area contributed by atoms with Crippen molar-refractivity contribution in [1.82, 2.24) is 5.32 Å². The van der Waals surface area contributed by atoms with Gasteiger partial charge in [0, 0.05) is 13.1 Å². The average Bonchev–Trinajstić information content (AvgIpc) is 2.73. The first kappa shape index (κ1) is 13.1. The van der Waals surface area contributed by atoms with Gasteiger partial charge in [-0.3, -0.25) is 4.99 Å². The summed E-state index contributed by atoms with van der Waals surface area (Å²) in [6, 6.07) is 0. The van der Waals surface area contributed by atoms with E-state index in [1.165, 1.54) is 32.1 Å². The third kappa shape index (κ3) is 3.87. The first-order chi connectivity index (χ1) is 7.58. The summed E-state index contributed by atoms with van der Waals surface area (Å²) in [7, 11) is 0. The fraction of sp³-hybridized carbons (Fsp3) is 0.769. The number of rotatable bonds is 5. The normalized spacial score (nSPS) is 19.8. The van der Waals surface area contributed by atoms with Crippen LogP contribution < -0.4 is 11.1 Å². The van der Waals surface area contributed by atoms with Crippen LogP contribution in [0.1, 0.15) is 46.0 Å². The molecule has 0 saturated heterocycles. The Bertz CT molecular complexity index is 262. The van der Waals surface area contributed by atoms with E-state index in [-0.39, 0.29) is 0 Å². The second-order valence-corrected chi connectivity index (χ2v) is 5.07. The number of nitrogens with zero attached hydrogens (tertiary/aromatic N) is 1. The second kappa shape index (κ2) is 5.92. The van der Waals surface area contributed by atoms with Crippen LogP contribution in [0.25, 0.3) is 0 Å². The molecule has 1 aliphatic rings. The van der Waals surface area contributed by atoms with Crippen LogP contribution in [0.2, 0.25) is 0 Å². The number of hydrogen-bond donors (Lipinski definition) is 2. The summed E-state index contributed by atoms with van der Waals surface area (Å²) in [6.07, 6.45) is 6.52. The van der Waals surface area contributed by atoms with Gasteiger partial charge in [0.05, 0.1) is 0 Å². The molecule has 92 valence electrons. The van der Waals surface area contributed by atoms with Gasteiger partial charge in [-0.1, -0.05) is 31.9 Å². The summed E-state index contributed by atoms with van der Waals surface area (Å²) in [5.41, 5.74) is 7.31. The summed E-state index contributed by atoms with van der Waals surface area (Å²) < 4.78 is 0. The summed E-state index contributed by atoms with van der Waals surface area (Å²) in [4.78, 5) is 4.46. The van der Waals surface area contributed by atoms with Gasteiger partial charge in [-0.2, -0.15) is 0 Å². The summed E-state index contributed by atoms with van der Waals surface area (Å²) >= 11 is 0. The fourth-order valence-electron chi connectivity index (χ4n) is 2.30. The Morgan fingerprint density at radius 1 is 1.44 bits per heavy atom. The molecule has 0 heterocycles. The summed E-state index contributed by atoms with van der Waals surface area (Å²) in [6.45, 7) is 9.65. The molecule has 1 rings (SSSR count). The molecule has 0 radical (unpaired) electrons. The van der Waals surface area contributed by atoms with Crippen molar-refractivity contribution in [2.45, 2.75) is 46.0 Å². The van der Waals surface area contributed by atoms with E-state index < -0.39 is 0 Å². The molecule has 0 aromatic carbocycles. The highest BCUT2D eigenvalue weighted by Gasteiger charge is 2.31. The topological polar surface area (TPSA) is 50.4 Å². The Kier molecular flexibility index (Phi) is 4.84. The zero-order valence-corrected chi connectivity index (χ0v) is 10.7. The van der Waals surface area contributed by atoms with Crippen molar-refractivity contribution >= 4 is 5.96 Å². The van der Waals surface area contributed by atoms with Crippen LogP contribution >= 0.6 is 0 Å². The first-order valence-corrected chi connectivity index (χ1v) is 6.26. The van der Waals surface area contributed by atoms with E-state index in [0.29, 0.717) is 17.9 Å². The molecule has 3 N–H and O–H groups in total. The van der Waals surface area contributed by atoms with Crippen LogP contribution in [-0.2, 0) is 0 Å². The van der Waals surface area contributed by atoms with E-state index in [9.17, 15) is 0 Å². The van der Waals surface area contributed by atoms with Gasteiger partial charge in [-0.05, 0) is 31.6 Å². The minimum atomic E-state index is 0.426. The van der Waals surface area contributed by atoms with Gasteiger partial charge < -0.3 is 11.1 Å². The number of guanidine groups is 1. The van der Waals surface area contributed by atoms with Crippen molar-refractivity contribution in [3.8, 4) is 0 Å². The lowest BCUT2D eigenvalue weighted by Crippen LogP contribution is -2.34. The highest BCUT2D eigenvalue weighted by molar-refractivity contribution is 5.78. The lowest BCUT2D eigenvalue weighted by atomic mass is 9.84. The van der Waals surface area contributed by atoms with Crippen LogP contribution in [-0.4, -0.2) is 19.0 Å². The lowest BCUT2D eigenvalue weighted by Gasteiger charge is -2.25. The third-order valence-electron chi connectivity index (χ3n) is 3.57. The molecule has 0 atom stereocenters. The summed E-state index contributed by atoms with van der Waals surface area (Å²) in [5, 5.41) is 3.08. The second-order valence-electron chi connectivity index (χ2n) is 5.07. The Labute approximate surface area is 99.2 Å². The van der Waals surface area contributed by atoms with Crippen LogP contribution in [0.5, 0.6) is 0 Å². The van der Waals surface area contributed by atoms with Gasteiger partial charge in [0.25, 0.3) is 0 Å². The van der Waals surface area contributed by atoms with Crippen molar-refractivity contribution < 1.29 is 0 Å². The van der Waals surface area contributed by atoms with Crippen molar-refractivity contribution in [2.75, 3.05) is 13.1 Å². The Morgan fingerprint density at radius 2 is 2.06 bits per heavy atom. The standard InChI is InChI=1S/C13H25N3/c1-4-13(7-5-6-8-13)10-16-12(14)15-9-11(2)3/h2,4-10H2,1,3H3,(H3,14,15,16). The lowest BCUT2D eigenvalue weighted by molar-refractivity contribution is 0.297. The maximum absolute atomic E-state index is 5.81. The number of hydrogen-bond acceptors (Lipinski definition) is 1. The van der Waals surface area contributed by atoms with E-state index in [0.717, 1.165) is 12.1 Å². The Hall–Kier alpha value is -0.990.